The third-order valence-corrected chi connectivity index (χ3v) is 5.36. The van der Waals surface area contributed by atoms with E-state index in [2.05, 4.69) is 27.9 Å². The van der Waals surface area contributed by atoms with Gasteiger partial charge in [-0.15, -0.1) is 0 Å². The Morgan fingerprint density at radius 1 is 1.08 bits per heavy atom. The highest BCUT2D eigenvalue weighted by atomic mass is 127. The van der Waals surface area contributed by atoms with Gasteiger partial charge in [-0.25, -0.2) is 0 Å². The van der Waals surface area contributed by atoms with E-state index in [4.69, 9.17) is 0 Å². The standard InChI is InChI=1S/C19H15IN2O3/c20-13-5-1-3-11(9-13)14-6-2-4-12-10-22(19(25)17(12)14)15-7-8-16(23)21-18(15)24/h1-6,9,15H,7-8,10H2,(H,21,23,24). The Kier molecular flexibility index (Phi) is 4.07. The van der Waals surface area contributed by atoms with Crippen molar-refractivity contribution in [1.29, 1.82) is 0 Å². The average Bonchev–Trinajstić information content (AvgIpc) is 2.92. The number of amides is 3. The molecule has 2 aromatic carbocycles. The number of imide groups is 1. The van der Waals surface area contributed by atoms with E-state index < -0.39 is 6.04 Å². The molecule has 1 unspecified atom stereocenters. The van der Waals surface area contributed by atoms with E-state index in [1.165, 1.54) is 0 Å². The van der Waals surface area contributed by atoms with Crippen LogP contribution in [0.3, 0.4) is 0 Å². The molecule has 1 fully saturated rings. The molecule has 0 aromatic heterocycles. The highest BCUT2D eigenvalue weighted by Crippen LogP contribution is 2.35. The summed E-state index contributed by atoms with van der Waals surface area (Å²) in [5.74, 6) is -0.794. The Morgan fingerprint density at radius 3 is 2.64 bits per heavy atom. The summed E-state index contributed by atoms with van der Waals surface area (Å²) in [5.41, 5.74) is 3.46. The van der Waals surface area contributed by atoms with Crippen LogP contribution in [0.1, 0.15) is 28.8 Å². The molecule has 126 valence electrons. The van der Waals surface area contributed by atoms with Crippen molar-refractivity contribution in [3.05, 3.63) is 57.2 Å². The van der Waals surface area contributed by atoms with E-state index in [-0.39, 0.29) is 24.1 Å². The molecule has 0 radical (unpaired) electrons. The topological polar surface area (TPSA) is 66.5 Å². The molecule has 0 spiro atoms. The maximum Gasteiger partial charge on any atom is 0.255 e. The second-order valence-corrected chi connectivity index (χ2v) is 7.50. The number of hydrogen-bond donors (Lipinski definition) is 1. The Bertz CT molecular complexity index is 909. The predicted molar refractivity (Wildman–Crippen MR) is 101 cm³/mol. The van der Waals surface area contributed by atoms with Crippen molar-refractivity contribution in [3.63, 3.8) is 0 Å². The van der Waals surface area contributed by atoms with Crippen molar-refractivity contribution in [3.8, 4) is 11.1 Å². The second kappa shape index (κ2) is 6.25. The molecule has 1 atom stereocenters. The first-order valence-electron chi connectivity index (χ1n) is 8.07. The summed E-state index contributed by atoms with van der Waals surface area (Å²) in [5, 5.41) is 2.33. The molecule has 2 aliphatic heterocycles. The average molecular weight is 446 g/mol. The molecule has 2 heterocycles. The molecule has 0 aliphatic carbocycles. The first-order valence-corrected chi connectivity index (χ1v) is 9.15. The van der Waals surface area contributed by atoms with Crippen molar-refractivity contribution >= 4 is 40.3 Å². The van der Waals surface area contributed by atoms with Crippen LogP contribution in [0.2, 0.25) is 0 Å². The lowest BCUT2D eigenvalue weighted by Crippen LogP contribution is -2.52. The number of fused-ring (bicyclic) bond motifs is 1. The van der Waals surface area contributed by atoms with Gasteiger partial charge in [0.1, 0.15) is 6.04 Å². The van der Waals surface area contributed by atoms with E-state index in [1.54, 1.807) is 4.90 Å². The van der Waals surface area contributed by atoms with E-state index in [0.717, 1.165) is 20.3 Å². The van der Waals surface area contributed by atoms with Gasteiger partial charge in [-0.3, -0.25) is 19.7 Å². The lowest BCUT2D eigenvalue weighted by molar-refractivity contribution is -0.136. The normalized spacial score (nSPS) is 19.8. The van der Waals surface area contributed by atoms with Gasteiger partial charge in [-0.05, 0) is 57.8 Å². The third-order valence-electron chi connectivity index (χ3n) is 4.69. The Hall–Kier alpha value is -2.22. The Labute approximate surface area is 158 Å². The van der Waals surface area contributed by atoms with Crippen molar-refractivity contribution in [1.82, 2.24) is 10.2 Å². The van der Waals surface area contributed by atoms with Crippen molar-refractivity contribution < 1.29 is 14.4 Å². The molecule has 2 aromatic rings. The van der Waals surface area contributed by atoms with Crippen LogP contribution >= 0.6 is 22.6 Å². The van der Waals surface area contributed by atoms with Gasteiger partial charge in [0.15, 0.2) is 0 Å². The highest BCUT2D eigenvalue weighted by molar-refractivity contribution is 14.1. The Balaban J connectivity index is 1.72. The number of benzene rings is 2. The summed E-state index contributed by atoms with van der Waals surface area (Å²) < 4.78 is 1.10. The Morgan fingerprint density at radius 2 is 1.88 bits per heavy atom. The number of halogens is 1. The molecule has 6 heteroatoms. The molecular weight excluding hydrogens is 431 g/mol. The van der Waals surface area contributed by atoms with Crippen LogP contribution in [0.25, 0.3) is 11.1 Å². The summed E-state index contributed by atoms with van der Waals surface area (Å²) in [6.07, 6.45) is 0.642. The number of carbonyl (C=O) groups is 3. The van der Waals surface area contributed by atoms with Crippen molar-refractivity contribution in [2.45, 2.75) is 25.4 Å². The summed E-state index contributed by atoms with van der Waals surface area (Å²) >= 11 is 2.25. The molecule has 25 heavy (non-hydrogen) atoms. The van der Waals surface area contributed by atoms with Gasteiger partial charge < -0.3 is 4.90 Å². The second-order valence-electron chi connectivity index (χ2n) is 6.25. The van der Waals surface area contributed by atoms with Gasteiger partial charge in [-0.1, -0.05) is 30.3 Å². The minimum Gasteiger partial charge on any atom is -0.322 e. The number of carbonyl (C=O) groups excluding carboxylic acids is 3. The molecule has 1 N–H and O–H groups in total. The molecular formula is C19H15IN2O3. The summed E-state index contributed by atoms with van der Waals surface area (Å²) in [4.78, 5) is 38.2. The van der Waals surface area contributed by atoms with Gasteiger partial charge in [-0.2, -0.15) is 0 Å². The number of nitrogens with zero attached hydrogens (tertiary/aromatic N) is 1. The van der Waals surface area contributed by atoms with Gasteiger partial charge >= 0.3 is 0 Å². The van der Waals surface area contributed by atoms with Gasteiger partial charge in [0.25, 0.3) is 5.91 Å². The monoisotopic (exact) mass is 446 g/mol. The summed E-state index contributed by atoms with van der Waals surface area (Å²) in [6.45, 7) is 0.401. The van der Waals surface area contributed by atoms with Crippen molar-refractivity contribution in [2.75, 3.05) is 0 Å². The molecule has 2 aliphatic rings. The number of hydrogen-bond acceptors (Lipinski definition) is 3. The predicted octanol–water partition coefficient (Wildman–Crippen LogP) is 2.72. The highest BCUT2D eigenvalue weighted by Gasteiger charge is 2.40. The molecule has 1 saturated heterocycles. The lowest BCUT2D eigenvalue weighted by Gasteiger charge is -2.29. The number of piperidine rings is 1. The minimum atomic E-state index is -0.582. The number of nitrogens with one attached hydrogen (secondary N) is 1. The number of rotatable bonds is 2. The maximum absolute atomic E-state index is 13.1. The van der Waals surface area contributed by atoms with E-state index in [1.807, 2.05) is 42.5 Å². The molecule has 0 bridgehead atoms. The zero-order valence-electron chi connectivity index (χ0n) is 13.3. The van der Waals surface area contributed by atoms with E-state index in [9.17, 15) is 14.4 Å². The van der Waals surface area contributed by atoms with Crippen LogP contribution in [0.5, 0.6) is 0 Å². The molecule has 4 rings (SSSR count). The van der Waals surface area contributed by atoms with Crippen LogP contribution in [0, 0.1) is 3.57 Å². The van der Waals surface area contributed by atoms with Gasteiger partial charge in [0, 0.05) is 16.5 Å². The quantitative estimate of drug-likeness (QED) is 0.570. The van der Waals surface area contributed by atoms with Crippen LogP contribution in [0.15, 0.2) is 42.5 Å². The fraction of sp³-hybridized carbons (Fsp3) is 0.211. The minimum absolute atomic E-state index is 0.140. The summed E-state index contributed by atoms with van der Waals surface area (Å²) in [6, 6.07) is 13.2. The zero-order valence-corrected chi connectivity index (χ0v) is 15.4. The summed E-state index contributed by atoms with van der Waals surface area (Å²) in [7, 11) is 0. The first kappa shape index (κ1) is 16.3. The fourth-order valence-electron chi connectivity index (χ4n) is 3.51. The SMILES string of the molecule is O=C1CCC(N2Cc3cccc(-c4cccc(I)c4)c3C2=O)C(=O)N1. The van der Waals surface area contributed by atoms with Crippen LogP contribution in [-0.4, -0.2) is 28.7 Å². The largest absolute Gasteiger partial charge is 0.322 e. The van der Waals surface area contributed by atoms with Crippen molar-refractivity contribution in [2.24, 2.45) is 0 Å². The van der Waals surface area contributed by atoms with Gasteiger partial charge in [0.2, 0.25) is 11.8 Å². The maximum atomic E-state index is 13.1. The third kappa shape index (κ3) is 2.84. The van der Waals surface area contributed by atoms with Crippen LogP contribution < -0.4 is 5.32 Å². The smallest absolute Gasteiger partial charge is 0.255 e. The lowest BCUT2D eigenvalue weighted by atomic mass is 9.97. The molecule has 0 saturated carbocycles. The van der Waals surface area contributed by atoms with E-state index in [0.29, 0.717) is 18.5 Å². The van der Waals surface area contributed by atoms with E-state index >= 15 is 0 Å². The molecule has 5 nitrogen and oxygen atoms in total. The fourth-order valence-corrected chi connectivity index (χ4v) is 4.05. The van der Waals surface area contributed by atoms with Crippen LogP contribution in [0.4, 0.5) is 0 Å². The zero-order chi connectivity index (χ0) is 17.6. The first-order chi connectivity index (χ1) is 12.0. The van der Waals surface area contributed by atoms with Gasteiger partial charge in [0.05, 0.1) is 5.56 Å². The molecule has 3 amide bonds. The van der Waals surface area contributed by atoms with Crippen LogP contribution in [-0.2, 0) is 16.1 Å².